The molecule has 5 nitrogen and oxygen atoms in total. The normalized spacial score (nSPS) is 12.4. The van der Waals surface area contributed by atoms with Crippen LogP contribution in [0.1, 0.15) is 11.1 Å². The third kappa shape index (κ3) is 5.66. The van der Waals surface area contributed by atoms with Crippen LogP contribution in [0.3, 0.4) is 0 Å². The first-order valence-electron chi connectivity index (χ1n) is 8.82. The smallest absolute Gasteiger partial charge is 0.325 e. The second-order valence-corrected chi connectivity index (χ2v) is 7.88. The van der Waals surface area contributed by atoms with Crippen molar-refractivity contribution >= 4 is 22.4 Å². The maximum Gasteiger partial charge on any atom is 0.417 e. The number of nitrogens with one attached hydrogen (secondary N) is 1. The van der Waals surface area contributed by atoms with Crippen LogP contribution in [-0.2, 0) is 34.1 Å². The van der Waals surface area contributed by atoms with Crippen molar-refractivity contribution in [3.63, 3.8) is 0 Å². The van der Waals surface area contributed by atoms with E-state index < -0.39 is 40.6 Å². The molecule has 156 valence electrons. The standard InChI is InChI=1S/C21H17F3N2O3S/c22-21(23,24)16-9-10-20(28)26(12-16)13-19(27)25-17-6-4-5-15(11-17)14-30(29)18-7-2-1-3-8-18/h1-12H,13-14H2,(H,25,27). The molecule has 1 aromatic heterocycles. The number of amides is 1. The SMILES string of the molecule is O=C(Cn1cc(C(F)(F)F)ccc1=O)Nc1cccc(CS(=O)c2ccccc2)c1. The number of anilines is 1. The van der Waals surface area contributed by atoms with Crippen LogP contribution in [0.5, 0.6) is 0 Å². The number of hydrogen-bond acceptors (Lipinski definition) is 3. The molecule has 9 heteroatoms. The Balaban J connectivity index is 1.69. The lowest BCUT2D eigenvalue weighted by molar-refractivity contribution is -0.138. The van der Waals surface area contributed by atoms with E-state index in [2.05, 4.69) is 5.32 Å². The highest BCUT2D eigenvalue weighted by atomic mass is 32.2. The van der Waals surface area contributed by atoms with E-state index in [4.69, 9.17) is 0 Å². The Morgan fingerprint density at radius 3 is 2.43 bits per heavy atom. The lowest BCUT2D eigenvalue weighted by Gasteiger charge is -2.11. The lowest BCUT2D eigenvalue weighted by Crippen LogP contribution is -2.28. The third-order valence-electron chi connectivity index (χ3n) is 4.14. The second-order valence-electron chi connectivity index (χ2n) is 6.43. The van der Waals surface area contributed by atoms with E-state index in [1.807, 2.05) is 6.07 Å². The van der Waals surface area contributed by atoms with E-state index in [9.17, 15) is 27.0 Å². The van der Waals surface area contributed by atoms with Crippen molar-refractivity contribution in [1.82, 2.24) is 4.57 Å². The summed E-state index contributed by atoms with van der Waals surface area (Å²) in [6, 6.07) is 17.0. The molecule has 1 N–H and O–H groups in total. The number of halogens is 3. The Morgan fingerprint density at radius 2 is 1.73 bits per heavy atom. The third-order valence-corrected chi connectivity index (χ3v) is 5.53. The minimum Gasteiger partial charge on any atom is -0.325 e. The number of alkyl halides is 3. The molecule has 1 amide bonds. The van der Waals surface area contributed by atoms with Crippen LogP contribution in [-0.4, -0.2) is 14.7 Å². The fourth-order valence-corrected chi connectivity index (χ4v) is 3.83. The van der Waals surface area contributed by atoms with Gasteiger partial charge in [-0.2, -0.15) is 13.2 Å². The van der Waals surface area contributed by atoms with Crippen LogP contribution in [0.15, 0.2) is 82.6 Å². The Bertz CT molecular complexity index is 1130. The average Bonchev–Trinajstić information content (AvgIpc) is 2.69. The molecular formula is C21H17F3N2O3S. The highest BCUT2D eigenvalue weighted by molar-refractivity contribution is 7.84. The van der Waals surface area contributed by atoms with Gasteiger partial charge < -0.3 is 9.88 Å². The average molecular weight is 434 g/mol. The van der Waals surface area contributed by atoms with Crippen molar-refractivity contribution in [3.8, 4) is 0 Å². The molecule has 0 aliphatic rings. The van der Waals surface area contributed by atoms with Crippen molar-refractivity contribution in [2.24, 2.45) is 0 Å². The van der Waals surface area contributed by atoms with Gasteiger partial charge in [-0.05, 0) is 35.9 Å². The molecule has 0 bridgehead atoms. The van der Waals surface area contributed by atoms with Crippen LogP contribution in [0, 0.1) is 0 Å². The van der Waals surface area contributed by atoms with Crippen LogP contribution < -0.4 is 10.9 Å². The number of hydrogen-bond donors (Lipinski definition) is 1. The summed E-state index contributed by atoms with van der Waals surface area (Å²) < 4.78 is 51.6. The number of carbonyl (C=O) groups excluding carboxylic acids is 1. The van der Waals surface area contributed by atoms with E-state index in [1.54, 1.807) is 48.5 Å². The van der Waals surface area contributed by atoms with Gasteiger partial charge in [-0.15, -0.1) is 0 Å². The summed E-state index contributed by atoms with van der Waals surface area (Å²) in [6.07, 6.45) is -4.00. The molecular weight excluding hydrogens is 417 g/mol. The molecule has 0 spiro atoms. The number of rotatable bonds is 6. The highest BCUT2D eigenvalue weighted by Gasteiger charge is 2.31. The molecule has 3 aromatic rings. The minimum absolute atomic E-state index is 0.237. The van der Waals surface area contributed by atoms with Crippen LogP contribution in [0.25, 0.3) is 0 Å². The van der Waals surface area contributed by atoms with Crippen molar-refractivity contribution in [2.75, 3.05) is 5.32 Å². The predicted molar refractivity (Wildman–Crippen MR) is 107 cm³/mol. The summed E-state index contributed by atoms with van der Waals surface area (Å²) in [5, 5.41) is 2.55. The van der Waals surface area contributed by atoms with Gasteiger partial charge in [0.1, 0.15) is 6.54 Å². The highest BCUT2D eigenvalue weighted by Crippen LogP contribution is 2.28. The second kappa shape index (κ2) is 9.08. The summed E-state index contributed by atoms with van der Waals surface area (Å²) in [4.78, 5) is 24.7. The van der Waals surface area contributed by atoms with Crippen molar-refractivity contribution < 1.29 is 22.2 Å². The summed E-state index contributed by atoms with van der Waals surface area (Å²) in [7, 11) is -1.27. The fourth-order valence-electron chi connectivity index (χ4n) is 2.72. The molecule has 0 aliphatic carbocycles. The van der Waals surface area contributed by atoms with Gasteiger partial charge in [-0.3, -0.25) is 13.8 Å². The van der Waals surface area contributed by atoms with Gasteiger partial charge >= 0.3 is 6.18 Å². The molecule has 0 radical (unpaired) electrons. The zero-order chi connectivity index (χ0) is 21.7. The molecule has 3 rings (SSSR count). The molecule has 0 aliphatic heterocycles. The van der Waals surface area contributed by atoms with Crippen molar-refractivity contribution in [2.45, 2.75) is 23.4 Å². The number of nitrogens with zero attached hydrogens (tertiary/aromatic N) is 1. The number of benzene rings is 2. The number of aromatic nitrogens is 1. The first-order chi connectivity index (χ1) is 14.2. The van der Waals surface area contributed by atoms with Gasteiger partial charge in [-0.25, -0.2) is 0 Å². The van der Waals surface area contributed by atoms with Crippen molar-refractivity contribution in [3.05, 3.63) is 94.4 Å². The van der Waals surface area contributed by atoms with Gasteiger partial charge in [0.25, 0.3) is 5.56 Å². The topological polar surface area (TPSA) is 68.2 Å². The summed E-state index contributed by atoms with van der Waals surface area (Å²) >= 11 is 0. The Hall–Kier alpha value is -3.20. The Morgan fingerprint density at radius 1 is 1.00 bits per heavy atom. The Kier molecular flexibility index (Phi) is 6.51. The van der Waals surface area contributed by atoms with Gasteiger partial charge in [-0.1, -0.05) is 30.3 Å². The molecule has 1 atom stereocenters. The van der Waals surface area contributed by atoms with Crippen LogP contribution in [0.4, 0.5) is 18.9 Å². The molecule has 1 unspecified atom stereocenters. The monoisotopic (exact) mass is 434 g/mol. The molecule has 0 saturated carbocycles. The zero-order valence-electron chi connectivity index (χ0n) is 15.6. The van der Waals surface area contributed by atoms with Gasteiger partial charge in [0.2, 0.25) is 5.91 Å². The van der Waals surface area contributed by atoms with Gasteiger partial charge in [0.15, 0.2) is 0 Å². The predicted octanol–water partition coefficient (Wildman–Crippen LogP) is 3.81. The molecule has 0 saturated heterocycles. The molecule has 30 heavy (non-hydrogen) atoms. The van der Waals surface area contributed by atoms with E-state index >= 15 is 0 Å². The van der Waals surface area contributed by atoms with E-state index in [0.29, 0.717) is 33.0 Å². The van der Waals surface area contributed by atoms with E-state index in [1.165, 1.54) is 0 Å². The summed E-state index contributed by atoms with van der Waals surface area (Å²) in [6.45, 7) is -0.567. The summed E-state index contributed by atoms with van der Waals surface area (Å²) in [5.74, 6) is -0.418. The quantitative estimate of drug-likeness (QED) is 0.642. The van der Waals surface area contributed by atoms with Crippen molar-refractivity contribution in [1.29, 1.82) is 0 Å². The van der Waals surface area contributed by atoms with Crippen LogP contribution in [0.2, 0.25) is 0 Å². The Labute approximate surface area is 172 Å². The minimum atomic E-state index is -4.62. The number of pyridine rings is 1. The molecule has 1 heterocycles. The lowest BCUT2D eigenvalue weighted by atomic mass is 10.2. The van der Waals surface area contributed by atoms with Gasteiger partial charge in [0.05, 0.1) is 22.1 Å². The maximum absolute atomic E-state index is 12.8. The van der Waals surface area contributed by atoms with E-state index in [0.717, 1.165) is 6.07 Å². The fraction of sp³-hybridized carbons (Fsp3) is 0.143. The first kappa shape index (κ1) is 21.5. The first-order valence-corrected chi connectivity index (χ1v) is 10.1. The molecule has 0 fully saturated rings. The molecule has 2 aromatic carbocycles. The van der Waals surface area contributed by atoms with E-state index in [-0.39, 0.29) is 5.75 Å². The maximum atomic E-state index is 12.8. The summed E-state index contributed by atoms with van der Waals surface area (Å²) in [5.41, 5.74) is -0.626. The largest absolute Gasteiger partial charge is 0.417 e. The van der Waals surface area contributed by atoms with Gasteiger partial charge in [0, 0.05) is 22.8 Å². The zero-order valence-corrected chi connectivity index (χ0v) is 16.4. The number of carbonyl (C=O) groups is 1. The van der Waals surface area contributed by atoms with Crippen LogP contribution >= 0.6 is 0 Å².